The molecule has 0 aliphatic carbocycles. The predicted octanol–water partition coefficient (Wildman–Crippen LogP) is 3.55. The van der Waals surface area contributed by atoms with Crippen molar-refractivity contribution in [3.8, 4) is 5.75 Å². The first-order valence-corrected chi connectivity index (χ1v) is 8.63. The Morgan fingerprint density at radius 3 is 2.50 bits per heavy atom. The van der Waals surface area contributed by atoms with Gasteiger partial charge in [0.25, 0.3) is 5.91 Å². The number of amides is 1. The van der Waals surface area contributed by atoms with Crippen LogP contribution in [-0.4, -0.2) is 48.5 Å². The summed E-state index contributed by atoms with van der Waals surface area (Å²) in [7, 11) is 0. The van der Waals surface area contributed by atoms with Crippen molar-refractivity contribution < 1.29 is 18.3 Å². The summed E-state index contributed by atoms with van der Waals surface area (Å²) in [5, 5.41) is 0. The Bertz CT molecular complexity index is 759. The van der Waals surface area contributed by atoms with Crippen LogP contribution in [0.3, 0.4) is 0 Å². The van der Waals surface area contributed by atoms with E-state index in [2.05, 4.69) is 40.8 Å². The number of carbonyl (C=O) groups excluding carboxylic acids is 1. The monoisotopic (exact) mass is 360 g/mol. The van der Waals surface area contributed by atoms with Crippen molar-refractivity contribution in [2.75, 3.05) is 26.2 Å². The fourth-order valence-corrected chi connectivity index (χ4v) is 3.17. The lowest BCUT2D eigenvalue weighted by atomic mass is 10.1. The highest BCUT2D eigenvalue weighted by Crippen LogP contribution is 2.18. The third-order valence-electron chi connectivity index (χ3n) is 4.45. The lowest BCUT2D eigenvalue weighted by molar-refractivity contribution is -0.0499. The molecule has 1 saturated heterocycles. The summed E-state index contributed by atoms with van der Waals surface area (Å²) in [6.07, 6.45) is 0. The Kier molecular flexibility index (Phi) is 5.83. The molecule has 0 radical (unpaired) electrons. The van der Waals surface area contributed by atoms with Crippen LogP contribution >= 0.6 is 0 Å². The van der Waals surface area contributed by atoms with E-state index in [0.717, 1.165) is 19.6 Å². The van der Waals surface area contributed by atoms with Gasteiger partial charge in [0.2, 0.25) is 0 Å². The Balaban J connectivity index is 1.56. The first-order chi connectivity index (χ1) is 12.5. The number of carbonyl (C=O) groups is 1. The Morgan fingerprint density at radius 1 is 1.08 bits per heavy atom. The van der Waals surface area contributed by atoms with Crippen molar-refractivity contribution in [1.29, 1.82) is 0 Å². The third-order valence-corrected chi connectivity index (χ3v) is 4.45. The van der Waals surface area contributed by atoms with Crippen molar-refractivity contribution in [2.45, 2.75) is 20.1 Å². The number of hydrogen-bond donors (Lipinski definition) is 0. The summed E-state index contributed by atoms with van der Waals surface area (Å²) < 4.78 is 29.0. The van der Waals surface area contributed by atoms with E-state index < -0.39 is 6.61 Å². The molecule has 4 nitrogen and oxygen atoms in total. The predicted molar refractivity (Wildman–Crippen MR) is 95.4 cm³/mol. The number of ether oxygens (including phenoxy) is 1. The van der Waals surface area contributed by atoms with Crippen molar-refractivity contribution >= 4 is 5.91 Å². The number of rotatable bonds is 5. The van der Waals surface area contributed by atoms with Gasteiger partial charge < -0.3 is 9.64 Å². The molecule has 1 amide bonds. The van der Waals surface area contributed by atoms with Gasteiger partial charge in [-0.05, 0) is 30.7 Å². The van der Waals surface area contributed by atoms with Crippen molar-refractivity contribution in [3.63, 3.8) is 0 Å². The number of nitrogens with zero attached hydrogens (tertiary/aromatic N) is 2. The van der Waals surface area contributed by atoms with Gasteiger partial charge in [-0.25, -0.2) is 0 Å². The largest absolute Gasteiger partial charge is 0.435 e. The molecule has 0 bridgehead atoms. The van der Waals surface area contributed by atoms with Gasteiger partial charge >= 0.3 is 6.61 Å². The molecule has 26 heavy (non-hydrogen) atoms. The second-order valence-corrected chi connectivity index (χ2v) is 6.46. The van der Waals surface area contributed by atoms with Crippen LogP contribution in [0.2, 0.25) is 0 Å². The second-order valence-electron chi connectivity index (χ2n) is 6.46. The molecule has 0 spiro atoms. The SMILES string of the molecule is Cc1cccc(CN2CCN(C(=O)c3cccc(OC(F)F)c3)CC2)c1. The summed E-state index contributed by atoms with van der Waals surface area (Å²) >= 11 is 0. The van der Waals surface area contributed by atoms with Crippen LogP contribution in [-0.2, 0) is 6.54 Å². The van der Waals surface area contributed by atoms with Crippen LogP contribution < -0.4 is 4.74 Å². The van der Waals surface area contributed by atoms with Gasteiger partial charge in [0, 0.05) is 38.3 Å². The highest BCUT2D eigenvalue weighted by Gasteiger charge is 2.22. The van der Waals surface area contributed by atoms with Crippen LogP contribution in [0.1, 0.15) is 21.5 Å². The molecule has 3 rings (SSSR count). The van der Waals surface area contributed by atoms with E-state index in [0.29, 0.717) is 18.7 Å². The molecule has 138 valence electrons. The zero-order valence-electron chi connectivity index (χ0n) is 14.7. The first-order valence-electron chi connectivity index (χ1n) is 8.63. The van der Waals surface area contributed by atoms with E-state index in [1.807, 2.05) is 0 Å². The van der Waals surface area contributed by atoms with Crippen LogP contribution in [0.5, 0.6) is 5.75 Å². The molecular formula is C20H22F2N2O2. The van der Waals surface area contributed by atoms with E-state index >= 15 is 0 Å². The van der Waals surface area contributed by atoms with E-state index in [1.54, 1.807) is 17.0 Å². The molecule has 2 aromatic carbocycles. The average molecular weight is 360 g/mol. The quantitative estimate of drug-likeness (QED) is 0.817. The number of alkyl halides is 2. The Hall–Kier alpha value is -2.47. The molecular weight excluding hydrogens is 338 g/mol. The molecule has 1 heterocycles. The maximum atomic E-state index is 12.6. The maximum absolute atomic E-state index is 12.6. The molecule has 1 fully saturated rings. The first kappa shape index (κ1) is 18.3. The van der Waals surface area contributed by atoms with Crippen LogP contribution in [0.4, 0.5) is 8.78 Å². The second kappa shape index (κ2) is 8.27. The summed E-state index contributed by atoms with van der Waals surface area (Å²) in [5.74, 6) is -0.149. The van der Waals surface area contributed by atoms with Crippen LogP contribution in [0.15, 0.2) is 48.5 Å². The normalized spacial score (nSPS) is 15.3. The van der Waals surface area contributed by atoms with Gasteiger partial charge in [0.1, 0.15) is 5.75 Å². The zero-order chi connectivity index (χ0) is 18.5. The van der Waals surface area contributed by atoms with E-state index in [9.17, 15) is 13.6 Å². The van der Waals surface area contributed by atoms with Gasteiger partial charge in [-0.1, -0.05) is 35.9 Å². The molecule has 0 aromatic heterocycles. The van der Waals surface area contributed by atoms with E-state index in [1.165, 1.54) is 23.3 Å². The standard InChI is InChI=1S/C20H22F2N2O2/c1-15-4-2-5-16(12-15)14-23-8-10-24(11-9-23)19(25)17-6-3-7-18(13-17)26-20(21)22/h2-7,12-13,20H,8-11,14H2,1H3. The number of aryl methyl sites for hydroxylation is 1. The Labute approximate surface area is 152 Å². The molecule has 1 aliphatic heterocycles. The summed E-state index contributed by atoms with van der Waals surface area (Å²) in [6.45, 7) is 2.84. The highest BCUT2D eigenvalue weighted by molar-refractivity contribution is 5.94. The zero-order valence-corrected chi connectivity index (χ0v) is 14.7. The number of halogens is 2. The topological polar surface area (TPSA) is 32.8 Å². The number of hydrogen-bond acceptors (Lipinski definition) is 3. The van der Waals surface area contributed by atoms with Crippen molar-refractivity contribution in [2.24, 2.45) is 0 Å². The highest BCUT2D eigenvalue weighted by atomic mass is 19.3. The Morgan fingerprint density at radius 2 is 1.81 bits per heavy atom. The van der Waals surface area contributed by atoms with Crippen molar-refractivity contribution in [3.05, 3.63) is 65.2 Å². The van der Waals surface area contributed by atoms with Crippen molar-refractivity contribution in [1.82, 2.24) is 9.80 Å². The fraction of sp³-hybridized carbons (Fsp3) is 0.350. The summed E-state index contributed by atoms with van der Waals surface area (Å²) in [6, 6.07) is 14.4. The molecule has 1 aliphatic rings. The molecule has 0 N–H and O–H groups in total. The van der Waals surface area contributed by atoms with Crippen LogP contribution in [0, 0.1) is 6.92 Å². The minimum Gasteiger partial charge on any atom is -0.435 e. The third kappa shape index (κ3) is 4.79. The van der Waals surface area contributed by atoms with Gasteiger partial charge in [0.05, 0.1) is 0 Å². The molecule has 2 aromatic rings. The molecule has 0 atom stereocenters. The fourth-order valence-electron chi connectivity index (χ4n) is 3.17. The molecule has 0 unspecified atom stereocenters. The van der Waals surface area contributed by atoms with E-state index in [4.69, 9.17) is 0 Å². The maximum Gasteiger partial charge on any atom is 0.387 e. The van der Waals surface area contributed by atoms with Gasteiger partial charge in [0.15, 0.2) is 0 Å². The molecule has 6 heteroatoms. The number of benzene rings is 2. The smallest absolute Gasteiger partial charge is 0.387 e. The number of piperazine rings is 1. The summed E-state index contributed by atoms with van der Waals surface area (Å²) in [5.41, 5.74) is 2.87. The van der Waals surface area contributed by atoms with E-state index in [-0.39, 0.29) is 11.7 Å². The van der Waals surface area contributed by atoms with Gasteiger partial charge in [-0.3, -0.25) is 9.69 Å². The van der Waals surface area contributed by atoms with Crippen LogP contribution in [0.25, 0.3) is 0 Å². The minimum atomic E-state index is -2.90. The average Bonchev–Trinajstić information content (AvgIpc) is 2.61. The minimum absolute atomic E-state index is 0.00364. The summed E-state index contributed by atoms with van der Waals surface area (Å²) in [4.78, 5) is 16.7. The molecule has 0 saturated carbocycles. The van der Waals surface area contributed by atoms with Gasteiger partial charge in [-0.15, -0.1) is 0 Å². The van der Waals surface area contributed by atoms with Gasteiger partial charge in [-0.2, -0.15) is 8.78 Å². The lowest BCUT2D eigenvalue weighted by Gasteiger charge is -2.35. The lowest BCUT2D eigenvalue weighted by Crippen LogP contribution is -2.48.